The second-order valence-corrected chi connectivity index (χ2v) is 16.8. The molecule has 348 valence electrons. The van der Waals surface area contributed by atoms with Crippen molar-refractivity contribution in [2.24, 2.45) is 34.4 Å². The first-order chi connectivity index (χ1) is 29.0. The van der Waals surface area contributed by atoms with Crippen molar-refractivity contribution in [3.05, 3.63) is 65.0 Å². The van der Waals surface area contributed by atoms with Crippen molar-refractivity contribution in [3.63, 3.8) is 0 Å². The van der Waals surface area contributed by atoms with Crippen LogP contribution in [0, 0.1) is 36.4 Å². The fourth-order valence-corrected chi connectivity index (χ4v) is 6.67. The van der Waals surface area contributed by atoms with Gasteiger partial charge in [0, 0.05) is 35.8 Å². The summed E-state index contributed by atoms with van der Waals surface area (Å²) < 4.78 is 106. The van der Waals surface area contributed by atoms with Gasteiger partial charge in [-0.05, 0) is 70.1 Å². The molecule has 14 nitrogen and oxygen atoms in total. The molecule has 0 unspecified atom stereocenters. The maximum Gasteiger partial charge on any atom is 0.408 e. The number of hydrogen-bond donors (Lipinski definition) is 4. The molecule has 0 aliphatic carbocycles. The lowest BCUT2D eigenvalue weighted by atomic mass is 9.83. The van der Waals surface area contributed by atoms with E-state index in [9.17, 15) is 59.5 Å². The van der Waals surface area contributed by atoms with Crippen LogP contribution < -0.4 is 26.6 Å². The van der Waals surface area contributed by atoms with E-state index in [1.807, 2.05) is 0 Å². The molecule has 0 bridgehead atoms. The summed E-state index contributed by atoms with van der Waals surface area (Å²) in [5.41, 5.74) is 4.86. The summed E-state index contributed by atoms with van der Waals surface area (Å²) in [5.74, 6) is -12.1. The number of nitrogens with two attached hydrogens (primary N) is 1. The zero-order chi connectivity index (χ0) is 47.8. The number of aliphatic imine (C=N–C) groups is 1. The van der Waals surface area contributed by atoms with E-state index in [-0.39, 0.29) is 22.5 Å². The first-order valence-corrected chi connectivity index (χ1v) is 19.9. The van der Waals surface area contributed by atoms with Crippen LogP contribution in [0.1, 0.15) is 90.8 Å². The van der Waals surface area contributed by atoms with E-state index in [1.165, 1.54) is 18.2 Å². The number of hydrogen-bond acceptors (Lipinski definition) is 9. The maximum atomic E-state index is 14.7. The Kier molecular flexibility index (Phi) is 17.3. The largest absolute Gasteiger partial charge is 0.444 e. The molecule has 63 heavy (non-hydrogen) atoms. The van der Waals surface area contributed by atoms with Crippen molar-refractivity contribution in [2.75, 3.05) is 11.6 Å². The zero-order valence-electron chi connectivity index (χ0n) is 36.0. The summed E-state index contributed by atoms with van der Waals surface area (Å²) in [6.07, 6.45) is -18.6. The highest BCUT2D eigenvalue weighted by Gasteiger charge is 2.42. The molecule has 2 aromatic rings. The Labute approximate surface area is 359 Å². The number of carbonyl (C=O) groups is 6. The Morgan fingerprint density at radius 2 is 1.40 bits per heavy atom. The van der Waals surface area contributed by atoms with E-state index in [0.717, 1.165) is 17.0 Å². The summed E-state index contributed by atoms with van der Waals surface area (Å²) in [6.45, 7) is 11.9. The van der Waals surface area contributed by atoms with Crippen LogP contribution in [-0.2, 0) is 33.4 Å². The molecule has 0 aromatic heterocycles. The third-order valence-electron chi connectivity index (χ3n) is 9.74. The number of ether oxygens (including phenoxy) is 2. The number of benzodiazepines with no additional fused rings is 1. The molecule has 21 heteroatoms. The SMILES string of the molecule is Cc1cccc2c1N(COC(=O)[C@@H](NC(=O)[C@@H](NC(=O)OC(C)(C)C)C(C)C)C(C)C)C(=O)[C@@H](NC(=O)[C@H](CCC(F)(F)F)[C@H](CCC(F)(F)F)C(N)=O)N=C2c1cccc(F)c1. The van der Waals surface area contributed by atoms with Gasteiger partial charge in [-0.2, -0.15) is 26.3 Å². The number of rotatable bonds is 17. The Morgan fingerprint density at radius 1 is 0.825 bits per heavy atom. The second-order valence-electron chi connectivity index (χ2n) is 16.8. The predicted octanol–water partition coefficient (Wildman–Crippen LogP) is 6.35. The van der Waals surface area contributed by atoms with Crippen LogP contribution in [0.3, 0.4) is 0 Å². The number of fused-ring (bicyclic) bond motifs is 1. The van der Waals surface area contributed by atoms with E-state index in [4.69, 9.17) is 15.2 Å². The highest BCUT2D eigenvalue weighted by atomic mass is 19.4. The Morgan fingerprint density at radius 3 is 1.92 bits per heavy atom. The van der Waals surface area contributed by atoms with Crippen molar-refractivity contribution >= 4 is 47.1 Å². The predicted molar refractivity (Wildman–Crippen MR) is 215 cm³/mol. The van der Waals surface area contributed by atoms with Gasteiger partial charge in [0.1, 0.15) is 23.5 Å². The zero-order valence-corrected chi connectivity index (χ0v) is 36.0. The summed E-state index contributed by atoms with van der Waals surface area (Å²) in [7, 11) is 0. The van der Waals surface area contributed by atoms with E-state index in [0.29, 0.717) is 5.56 Å². The lowest BCUT2D eigenvalue weighted by molar-refractivity contribution is -0.152. The van der Waals surface area contributed by atoms with Gasteiger partial charge in [0.05, 0.1) is 11.4 Å². The summed E-state index contributed by atoms with van der Waals surface area (Å²) in [5, 5.41) is 7.21. The van der Waals surface area contributed by atoms with Gasteiger partial charge >= 0.3 is 24.4 Å². The van der Waals surface area contributed by atoms with Crippen molar-refractivity contribution < 1.29 is 69.0 Å². The molecule has 0 saturated heterocycles. The molecule has 1 heterocycles. The summed E-state index contributed by atoms with van der Waals surface area (Å²) in [4.78, 5) is 86.1. The third kappa shape index (κ3) is 15.2. The summed E-state index contributed by atoms with van der Waals surface area (Å²) >= 11 is 0. The van der Waals surface area contributed by atoms with Crippen LogP contribution in [0.2, 0.25) is 0 Å². The molecular formula is C42H53F7N6O8. The minimum absolute atomic E-state index is 0.0236. The van der Waals surface area contributed by atoms with Crippen molar-refractivity contribution in [1.29, 1.82) is 0 Å². The number of primary amides is 1. The van der Waals surface area contributed by atoms with Gasteiger partial charge in [0.2, 0.25) is 23.9 Å². The molecule has 5 atom stereocenters. The van der Waals surface area contributed by atoms with Crippen LogP contribution in [0.5, 0.6) is 0 Å². The van der Waals surface area contributed by atoms with Gasteiger partial charge in [-0.25, -0.2) is 19.0 Å². The van der Waals surface area contributed by atoms with Crippen molar-refractivity contribution in [3.8, 4) is 0 Å². The number of esters is 1. The smallest absolute Gasteiger partial charge is 0.408 e. The molecule has 0 fully saturated rings. The van der Waals surface area contributed by atoms with E-state index in [1.54, 1.807) is 67.5 Å². The minimum atomic E-state index is -4.93. The van der Waals surface area contributed by atoms with E-state index in [2.05, 4.69) is 20.9 Å². The van der Waals surface area contributed by atoms with Gasteiger partial charge in [-0.1, -0.05) is 58.0 Å². The fraction of sp³-hybridized carbons (Fsp3) is 0.548. The highest BCUT2D eigenvalue weighted by Crippen LogP contribution is 2.35. The molecule has 0 radical (unpaired) electrons. The first-order valence-electron chi connectivity index (χ1n) is 19.9. The number of anilines is 1. The summed E-state index contributed by atoms with van der Waals surface area (Å²) in [6, 6.07) is 6.84. The molecule has 5 amide bonds. The molecule has 0 spiro atoms. The van der Waals surface area contributed by atoms with Gasteiger partial charge < -0.3 is 31.2 Å². The number of para-hydroxylation sites is 1. The molecule has 3 rings (SSSR count). The lowest BCUT2D eigenvalue weighted by Crippen LogP contribution is -2.56. The van der Waals surface area contributed by atoms with E-state index >= 15 is 0 Å². The average molecular weight is 903 g/mol. The number of amides is 5. The number of nitrogens with one attached hydrogen (secondary N) is 3. The minimum Gasteiger partial charge on any atom is -0.444 e. The lowest BCUT2D eigenvalue weighted by Gasteiger charge is -2.30. The van der Waals surface area contributed by atoms with Crippen molar-refractivity contribution in [2.45, 2.75) is 117 Å². The van der Waals surface area contributed by atoms with Crippen LogP contribution in [0.15, 0.2) is 47.5 Å². The molecule has 1 aliphatic rings. The molecule has 0 saturated carbocycles. The van der Waals surface area contributed by atoms with Crippen LogP contribution in [-0.4, -0.2) is 84.3 Å². The van der Waals surface area contributed by atoms with Gasteiger partial charge in [0.15, 0.2) is 6.73 Å². The maximum absolute atomic E-state index is 14.7. The van der Waals surface area contributed by atoms with Crippen LogP contribution in [0.25, 0.3) is 0 Å². The number of benzene rings is 2. The van der Waals surface area contributed by atoms with Crippen LogP contribution >= 0.6 is 0 Å². The quantitative estimate of drug-likeness (QED) is 0.104. The number of aryl methyl sites for hydroxylation is 1. The Balaban J connectivity index is 2.09. The molecule has 1 aliphatic heterocycles. The highest BCUT2D eigenvalue weighted by molar-refractivity contribution is 6.20. The van der Waals surface area contributed by atoms with E-state index < -0.39 is 134 Å². The normalized spacial score (nSPS) is 16.5. The first kappa shape index (κ1) is 51.6. The molecular weight excluding hydrogens is 849 g/mol. The number of carbonyl (C=O) groups excluding carboxylic acids is 6. The Hall–Kier alpha value is -5.76. The Bertz CT molecular complexity index is 2030. The standard InChI is InChI=1S/C42H53F7N6O8/c1-21(2)29(53-39(61)63-40(6,7)8)36(58)52-30(22(3)4)38(60)62-20-55-32-23(5)11-9-14-28(32)31(24-12-10-13-25(43)19-24)51-34(37(55)59)54-35(57)27(16-18-42(47,48)49)26(33(50)56)15-17-41(44,45)46/h9-14,19,21-22,26-27,29-30,34H,15-18,20H2,1-8H3,(H2,50,56)(H,52,58)(H,53,61)(H,54,57)/t26-,27+,29-,30-,34+/m0/s1. The fourth-order valence-electron chi connectivity index (χ4n) is 6.67. The average Bonchev–Trinajstić information content (AvgIpc) is 3.25. The van der Waals surface area contributed by atoms with Gasteiger partial charge in [-0.15, -0.1) is 0 Å². The molecule has 2 aromatic carbocycles. The number of alkyl halides is 6. The number of halogens is 7. The van der Waals surface area contributed by atoms with Crippen molar-refractivity contribution in [1.82, 2.24) is 16.0 Å². The topological polar surface area (TPSA) is 199 Å². The second kappa shape index (κ2) is 21.1. The van der Waals surface area contributed by atoms with Gasteiger partial charge in [0.25, 0.3) is 5.91 Å². The third-order valence-corrected chi connectivity index (χ3v) is 9.74. The number of nitrogens with zero attached hydrogens (tertiary/aromatic N) is 2. The monoisotopic (exact) mass is 902 g/mol. The number of alkyl carbamates (subject to hydrolysis) is 1. The van der Waals surface area contributed by atoms with Gasteiger partial charge in [-0.3, -0.25) is 24.1 Å². The molecule has 5 N–H and O–H groups in total. The van der Waals surface area contributed by atoms with Crippen LogP contribution in [0.4, 0.5) is 41.2 Å².